The maximum Gasteiger partial charge on any atom is 0.285 e. The highest BCUT2D eigenvalue weighted by atomic mass is 32.2. The highest BCUT2D eigenvalue weighted by molar-refractivity contribution is 8.00. The van der Waals surface area contributed by atoms with Gasteiger partial charge in [0.25, 0.3) is 11.7 Å². The molecule has 0 radical (unpaired) electrons. The Morgan fingerprint density at radius 3 is 2.85 bits per heavy atom. The number of alkyl halides is 2. The predicted octanol–water partition coefficient (Wildman–Crippen LogP) is 0.580. The number of amides is 2. The second-order valence-corrected chi connectivity index (χ2v) is 7.84. The molecule has 2 atom stereocenters. The number of hydrogen-bond donors (Lipinski definition) is 2. The number of allylic oxidation sites excluding steroid dienone is 1. The fraction of sp³-hybridized carbons (Fsp3) is 0.571. The Morgan fingerprint density at radius 2 is 2.22 bits per heavy atom. The van der Waals surface area contributed by atoms with E-state index in [0.29, 0.717) is 29.4 Å². The molecule has 3 heterocycles. The smallest absolute Gasteiger partial charge is 0.285 e. The topological polar surface area (TPSA) is 121 Å². The van der Waals surface area contributed by atoms with E-state index in [2.05, 4.69) is 25.9 Å². The summed E-state index contributed by atoms with van der Waals surface area (Å²) in [5.74, 6) is -3.89. The first-order chi connectivity index (χ1) is 12.9. The molecule has 2 aliphatic heterocycles. The number of nitrogens with zero attached hydrogens (tertiary/aromatic N) is 4. The van der Waals surface area contributed by atoms with Gasteiger partial charge in [0.15, 0.2) is 5.78 Å². The van der Waals surface area contributed by atoms with E-state index in [1.54, 1.807) is 0 Å². The van der Waals surface area contributed by atoms with E-state index in [9.17, 15) is 23.2 Å². The summed E-state index contributed by atoms with van der Waals surface area (Å²) >= 11 is 1.50. The number of ketones is 1. The molecule has 13 heteroatoms. The Balaban J connectivity index is 1.67. The number of halogens is 2. The molecule has 1 saturated heterocycles. The number of aromatic amines is 1. The molecule has 2 N–H and O–H groups in total. The highest BCUT2D eigenvalue weighted by Crippen LogP contribution is 2.38. The first-order valence-corrected chi connectivity index (χ1v) is 10.0. The van der Waals surface area contributed by atoms with Gasteiger partial charge in [-0.3, -0.25) is 14.4 Å². The Bertz CT molecular complexity index is 773. The number of aromatic nitrogens is 4. The van der Waals surface area contributed by atoms with Crippen LogP contribution in [-0.4, -0.2) is 72.5 Å². The van der Waals surface area contributed by atoms with Gasteiger partial charge in [0.2, 0.25) is 11.1 Å². The summed E-state index contributed by atoms with van der Waals surface area (Å²) in [5, 5.41) is 16.4. The zero-order chi connectivity index (χ0) is 19.6. The lowest BCUT2D eigenvalue weighted by Gasteiger charge is -2.50. The standard InChI is InChI=1S/C14H16F2N6O3S2/c1-6(23)11-7(4-27-14-18-20-21-19-14)2-3-8-10(12(25)22(8)11)17-9(24)5-26-13(15)16/h8,10,13H,2-5H2,1H3,(H,17,24)(H,18,19,20,21). The maximum absolute atomic E-state index is 12.5. The molecule has 146 valence electrons. The van der Waals surface area contributed by atoms with Crippen molar-refractivity contribution < 1.29 is 23.2 Å². The van der Waals surface area contributed by atoms with Gasteiger partial charge in [-0.1, -0.05) is 23.5 Å². The van der Waals surface area contributed by atoms with E-state index in [0.717, 1.165) is 5.57 Å². The summed E-state index contributed by atoms with van der Waals surface area (Å²) in [4.78, 5) is 37.8. The lowest BCUT2D eigenvalue weighted by Crippen LogP contribution is -2.71. The van der Waals surface area contributed by atoms with E-state index in [4.69, 9.17) is 0 Å². The van der Waals surface area contributed by atoms with E-state index >= 15 is 0 Å². The van der Waals surface area contributed by atoms with Gasteiger partial charge < -0.3 is 10.2 Å². The van der Waals surface area contributed by atoms with Gasteiger partial charge in [-0.15, -0.1) is 10.2 Å². The summed E-state index contributed by atoms with van der Waals surface area (Å²) < 4.78 is 24.4. The molecule has 0 aromatic carbocycles. The Hall–Kier alpha value is -2.02. The summed E-state index contributed by atoms with van der Waals surface area (Å²) in [6.07, 6.45) is 1.14. The number of H-pyrrole nitrogens is 1. The molecular weight excluding hydrogens is 402 g/mol. The zero-order valence-electron chi connectivity index (χ0n) is 14.1. The summed E-state index contributed by atoms with van der Waals surface area (Å²) in [5.41, 5.74) is 1.14. The largest absolute Gasteiger partial charge is 0.342 e. The number of β-lactam (4-membered cyclic amide) rings is 1. The second-order valence-electron chi connectivity index (χ2n) is 5.92. The molecule has 0 saturated carbocycles. The van der Waals surface area contributed by atoms with Gasteiger partial charge in [0, 0.05) is 12.7 Å². The number of nitrogens with one attached hydrogen (secondary N) is 2. The number of fused-ring (bicyclic) bond motifs is 1. The zero-order valence-corrected chi connectivity index (χ0v) is 15.8. The van der Waals surface area contributed by atoms with Crippen molar-refractivity contribution in [2.45, 2.75) is 42.8 Å². The van der Waals surface area contributed by atoms with Crippen LogP contribution < -0.4 is 5.32 Å². The van der Waals surface area contributed by atoms with Crippen molar-refractivity contribution in [1.82, 2.24) is 30.8 Å². The average Bonchev–Trinajstić information content (AvgIpc) is 3.15. The van der Waals surface area contributed by atoms with E-state index < -0.39 is 29.4 Å². The van der Waals surface area contributed by atoms with Gasteiger partial charge in [0.1, 0.15) is 6.04 Å². The summed E-state index contributed by atoms with van der Waals surface area (Å²) in [6, 6.07) is -1.12. The van der Waals surface area contributed by atoms with E-state index in [-0.39, 0.29) is 23.6 Å². The van der Waals surface area contributed by atoms with Gasteiger partial charge >= 0.3 is 0 Å². The number of Topliss-reactive ketones (excluding diaryl/α,β-unsaturated/α-hetero) is 1. The Labute approximate surface area is 161 Å². The van der Waals surface area contributed by atoms with Gasteiger partial charge in [-0.25, -0.2) is 0 Å². The van der Waals surface area contributed by atoms with Gasteiger partial charge in [-0.2, -0.15) is 14.0 Å². The van der Waals surface area contributed by atoms with Crippen LogP contribution >= 0.6 is 23.5 Å². The van der Waals surface area contributed by atoms with Crippen LogP contribution in [0.2, 0.25) is 0 Å². The molecule has 0 spiro atoms. The summed E-state index contributed by atoms with van der Waals surface area (Å²) in [7, 11) is 0. The van der Waals surface area contributed by atoms with Crippen molar-refractivity contribution in [1.29, 1.82) is 0 Å². The van der Waals surface area contributed by atoms with Crippen molar-refractivity contribution in [3.05, 3.63) is 11.3 Å². The third-order valence-corrected chi connectivity index (χ3v) is 5.83. The van der Waals surface area contributed by atoms with Crippen LogP contribution in [0.25, 0.3) is 0 Å². The number of carbonyl (C=O) groups excluding carboxylic acids is 3. The molecule has 9 nitrogen and oxygen atoms in total. The maximum atomic E-state index is 12.5. The molecule has 3 rings (SSSR count). The lowest BCUT2D eigenvalue weighted by atomic mass is 9.83. The van der Waals surface area contributed by atoms with Crippen LogP contribution in [0.5, 0.6) is 0 Å². The second kappa shape index (κ2) is 8.33. The molecule has 1 aromatic heterocycles. The SMILES string of the molecule is CC(=O)C1=C(CSc2nn[nH]n2)CCC2C(NC(=O)CSC(F)F)C(=O)N12. The van der Waals surface area contributed by atoms with E-state index in [1.807, 2.05) is 0 Å². The van der Waals surface area contributed by atoms with E-state index in [1.165, 1.54) is 23.6 Å². The van der Waals surface area contributed by atoms with Gasteiger partial charge in [0.05, 0.1) is 17.5 Å². The van der Waals surface area contributed by atoms with Crippen molar-refractivity contribution in [3.63, 3.8) is 0 Å². The fourth-order valence-electron chi connectivity index (χ4n) is 3.16. The van der Waals surface area contributed by atoms with Crippen molar-refractivity contribution in [2.24, 2.45) is 0 Å². The van der Waals surface area contributed by atoms with Crippen molar-refractivity contribution in [2.75, 3.05) is 11.5 Å². The molecule has 2 aliphatic rings. The minimum atomic E-state index is -2.65. The Morgan fingerprint density at radius 1 is 1.44 bits per heavy atom. The van der Waals surface area contributed by atoms with Crippen LogP contribution in [0.1, 0.15) is 19.8 Å². The quantitative estimate of drug-likeness (QED) is 0.465. The van der Waals surface area contributed by atoms with Crippen LogP contribution in [-0.2, 0) is 14.4 Å². The number of hydrogen-bond acceptors (Lipinski definition) is 8. The molecule has 27 heavy (non-hydrogen) atoms. The number of rotatable bonds is 8. The molecule has 0 bridgehead atoms. The average molecular weight is 418 g/mol. The van der Waals surface area contributed by atoms with Crippen LogP contribution in [0, 0.1) is 0 Å². The highest BCUT2D eigenvalue weighted by Gasteiger charge is 2.52. The van der Waals surface area contributed by atoms with Crippen LogP contribution in [0.4, 0.5) is 8.78 Å². The predicted molar refractivity (Wildman–Crippen MR) is 92.9 cm³/mol. The first-order valence-electron chi connectivity index (χ1n) is 8.00. The number of carbonyl (C=O) groups is 3. The minimum Gasteiger partial charge on any atom is -0.342 e. The molecular formula is C14H16F2N6O3S2. The number of tetrazole rings is 1. The monoisotopic (exact) mass is 418 g/mol. The van der Waals surface area contributed by atoms with Crippen molar-refractivity contribution >= 4 is 41.1 Å². The Kier molecular flexibility index (Phi) is 6.09. The molecule has 1 fully saturated rings. The molecule has 1 aromatic rings. The lowest BCUT2D eigenvalue weighted by molar-refractivity contribution is -0.152. The third-order valence-electron chi connectivity index (χ3n) is 4.23. The molecule has 0 aliphatic carbocycles. The molecule has 2 unspecified atom stereocenters. The fourth-order valence-corrected chi connectivity index (χ4v) is 4.31. The van der Waals surface area contributed by atoms with Crippen LogP contribution in [0.3, 0.4) is 0 Å². The van der Waals surface area contributed by atoms with Gasteiger partial charge in [-0.05, 0) is 23.6 Å². The van der Waals surface area contributed by atoms with Crippen molar-refractivity contribution in [3.8, 4) is 0 Å². The van der Waals surface area contributed by atoms with Crippen LogP contribution in [0.15, 0.2) is 16.4 Å². The third kappa shape index (κ3) is 4.29. The first kappa shape index (κ1) is 19.7. The molecule has 2 amide bonds. The normalized spacial score (nSPS) is 21.9. The minimum absolute atomic E-state index is 0.202. The number of thioether (sulfide) groups is 2. The summed E-state index contributed by atoms with van der Waals surface area (Å²) in [6.45, 7) is 1.38.